The molecule has 1 aliphatic rings. The summed E-state index contributed by atoms with van der Waals surface area (Å²) in [7, 11) is 0. The van der Waals surface area contributed by atoms with E-state index in [9.17, 15) is 14.4 Å². The molecule has 1 unspecified atom stereocenters. The Labute approximate surface area is 155 Å². The topological polar surface area (TPSA) is 87.3 Å². The fraction of sp³-hybridized carbons (Fsp3) is 0.211. The smallest absolute Gasteiger partial charge is 0.322 e. The van der Waals surface area contributed by atoms with Crippen LogP contribution >= 0.6 is 11.6 Å². The van der Waals surface area contributed by atoms with Gasteiger partial charge < -0.3 is 10.6 Å². The van der Waals surface area contributed by atoms with Crippen LogP contribution < -0.4 is 16.0 Å². The van der Waals surface area contributed by atoms with E-state index in [1.807, 2.05) is 13.0 Å². The van der Waals surface area contributed by atoms with Crippen LogP contribution in [0.1, 0.15) is 24.0 Å². The first-order chi connectivity index (χ1) is 12.4. The number of rotatable bonds is 5. The Bertz CT molecular complexity index is 870. The molecular formula is C19H18ClN3O3. The highest BCUT2D eigenvalue weighted by Gasteiger charge is 2.47. The fourth-order valence-electron chi connectivity index (χ4n) is 3.02. The van der Waals surface area contributed by atoms with Crippen molar-refractivity contribution in [3.05, 3.63) is 64.7 Å². The summed E-state index contributed by atoms with van der Waals surface area (Å²) in [6, 6.07) is 13.5. The van der Waals surface area contributed by atoms with E-state index in [1.54, 1.807) is 42.5 Å². The molecular weight excluding hydrogens is 354 g/mol. The molecule has 1 aliphatic heterocycles. The van der Waals surface area contributed by atoms with Crippen molar-refractivity contribution in [1.82, 2.24) is 10.6 Å². The first-order valence-electron chi connectivity index (χ1n) is 8.16. The van der Waals surface area contributed by atoms with Gasteiger partial charge in [0, 0.05) is 17.1 Å². The molecule has 7 heteroatoms. The number of carbonyl (C=O) groups excluding carboxylic acids is 3. The minimum Gasteiger partial charge on any atom is -0.326 e. The average molecular weight is 372 g/mol. The summed E-state index contributed by atoms with van der Waals surface area (Å²) in [5, 5.41) is 8.34. The number of amides is 4. The molecule has 4 amide bonds. The number of carbonyl (C=O) groups is 3. The van der Waals surface area contributed by atoms with E-state index in [0.29, 0.717) is 16.3 Å². The van der Waals surface area contributed by atoms with Crippen LogP contribution in [0.5, 0.6) is 0 Å². The maximum Gasteiger partial charge on any atom is 0.322 e. The summed E-state index contributed by atoms with van der Waals surface area (Å²) in [5.74, 6) is -0.705. The van der Waals surface area contributed by atoms with E-state index in [1.165, 1.54) is 0 Å². The Morgan fingerprint density at radius 3 is 2.50 bits per heavy atom. The van der Waals surface area contributed by atoms with E-state index in [-0.39, 0.29) is 18.7 Å². The summed E-state index contributed by atoms with van der Waals surface area (Å²) in [4.78, 5) is 36.5. The summed E-state index contributed by atoms with van der Waals surface area (Å²) >= 11 is 5.92. The summed E-state index contributed by atoms with van der Waals surface area (Å²) in [6.45, 7) is 1.84. The molecule has 1 fully saturated rings. The number of halogens is 1. The van der Waals surface area contributed by atoms with Gasteiger partial charge in [-0.05, 0) is 42.7 Å². The van der Waals surface area contributed by atoms with Gasteiger partial charge in [0.2, 0.25) is 5.91 Å². The van der Waals surface area contributed by atoms with Gasteiger partial charge in [0.05, 0.1) is 0 Å². The standard InChI is InChI=1S/C19H18ClN3O3/c1-12-11-14(20)7-8-15(12)21-16(24)9-10-19(13-5-3-2-4-6-13)17(25)22-18(26)23-19/h2-8,11H,9-10H2,1H3,(H,21,24)(H2,22,23,25,26). The van der Waals surface area contributed by atoms with Crippen LogP contribution in [0.15, 0.2) is 48.5 Å². The molecule has 3 N–H and O–H groups in total. The van der Waals surface area contributed by atoms with Crippen molar-refractivity contribution in [2.75, 3.05) is 5.32 Å². The number of nitrogens with one attached hydrogen (secondary N) is 3. The zero-order valence-corrected chi connectivity index (χ0v) is 14.9. The first kappa shape index (κ1) is 17.9. The molecule has 6 nitrogen and oxygen atoms in total. The summed E-state index contributed by atoms with van der Waals surface area (Å²) in [6.07, 6.45) is 0.206. The van der Waals surface area contributed by atoms with E-state index < -0.39 is 17.5 Å². The van der Waals surface area contributed by atoms with Gasteiger partial charge in [0.25, 0.3) is 5.91 Å². The Kier molecular flexibility index (Phi) is 4.95. The van der Waals surface area contributed by atoms with Crippen LogP contribution in [-0.2, 0) is 15.1 Å². The highest BCUT2D eigenvalue weighted by molar-refractivity contribution is 6.30. The lowest BCUT2D eigenvalue weighted by Crippen LogP contribution is -2.44. The molecule has 134 valence electrons. The number of anilines is 1. The van der Waals surface area contributed by atoms with E-state index in [4.69, 9.17) is 11.6 Å². The van der Waals surface area contributed by atoms with Gasteiger partial charge in [-0.3, -0.25) is 14.9 Å². The van der Waals surface area contributed by atoms with Gasteiger partial charge in [-0.1, -0.05) is 41.9 Å². The zero-order valence-electron chi connectivity index (χ0n) is 14.1. The summed E-state index contributed by atoms with van der Waals surface area (Å²) < 4.78 is 0. The minimum absolute atomic E-state index is 0.0602. The van der Waals surface area contributed by atoms with Crippen LogP contribution in [0.4, 0.5) is 10.5 Å². The van der Waals surface area contributed by atoms with Crippen molar-refractivity contribution < 1.29 is 14.4 Å². The fourth-order valence-corrected chi connectivity index (χ4v) is 3.25. The number of imide groups is 1. The molecule has 0 bridgehead atoms. The Balaban J connectivity index is 1.75. The van der Waals surface area contributed by atoms with Crippen LogP contribution in [0, 0.1) is 6.92 Å². The second-order valence-corrected chi connectivity index (χ2v) is 6.62. The Hall–Kier alpha value is -2.86. The lowest BCUT2D eigenvalue weighted by molar-refractivity contribution is -0.125. The maximum atomic E-state index is 12.4. The molecule has 0 radical (unpaired) electrons. The van der Waals surface area contributed by atoms with Crippen LogP contribution in [-0.4, -0.2) is 17.8 Å². The normalized spacial score (nSPS) is 19.0. The number of hydrogen-bond donors (Lipinski definition) is 3. The zero-order chi connectivity index (χ0) is 18.7. The minimum atomic E-state index is -1.25. The van der Waals surface area contributed by atoms with Gasteiger partial charge in [-0.25, -0.2) is 4.79 Å². The molecule has 3 rings (SSSR count). The van der Waals surface area contributed by atoms with Gasteiger partial charge in [-0.2, -0.15) is 0 Å². The van der Waals surface area contributed by atoms with Crippen LogP contribution in [0.25, 0.3) is 0 Å². The number of hydrogen-bond acceptors (Lipinski definition) is 3. The maximum absolute atomic E-state index is 12.4. The third-order valence-electron chi connectivity index (χ3n) is 4.40. The van der Waals surface area contributed by atoms with Crippen molar-refractivity contribution in [2.45, 2.75) is 25.3 Å². The number of benzene rings is 2. The molecule has 1 atom stereocenters. The van der Waals surface area contributed by atoms with Gasteiger partial charge >= 0.3 is 6.03 Å². The largest absolute Gasteiger partial charge is 0.326 e. The van der Waals surface area contributed by atoms with E-state index >= 15 is 0 Å². The number of aryl methyl sites for hydroxylation is 1. The molecule has 26 heavy (non-hydrogen) atoms. The lowest BCUT2D eigenvalue weighted by Gasteiger charge is -2.26. The van der Waals surface area contributed by atoms with E-state index in [0.717, 1.165) is 5.56 Å². The molecule has 2 aromatic rings. The Morgan fingerprint density at radius 2 is 1.88 bits per heavy atom. The lowest BCUT2D eigenvalue weighted by atomic mass is 9.85. The van der Waals surface area contributed by atoms with Crippen LogP contribution in [0.2, 0.25) is 5.02 Å². The van der Waals surface area contributed by atoms with Crippen LogP contribution in [0.3, 0.4) is 0 Å². The third-order valence-corrected chi connectivity index (χ3v) is 4.63. The van der Waals surface area contributed by atoms with Crippen molar-refractivity contribution in [1.29, 1.82) is 0 Å². The monoisotopic (exact) mass is 371 g/mol. The molecule has 0 spiro atoms. The summed E-state index contributed by atoms with van der Waals surface area (Å²) in [5.41, 5.74) is 0.896. The molecule has 1 saturated heterocycles. The van der Waals surface area contributed by atoms with Crippen molar-refractivity contribution >= 4 is 35.1 Å². The average Bonchev–Trinajstić information content (AvgIpc) is 2.91. The highest BCUT2D eigenvalue weighted by Crippen LogP contribution is 2.30. The van der Waals surface area contributed by atoms with Crippen molar-refractivity contribution in [2.24, 2.45) is 0 Å². The SMILES string of the molecule is Cc1cc(Cl)ccc1NC(=O)CCC1(c2ccccc2)NC(=O)NC1=O. The molecule has 0 saturated carbocycles. The third kappa shape index (κ3) is 3.55. The van der Waals surface area contributed by atoms with Gasteiger partial charge in [0.15, 0.2) is 0 Å². The van der Waals surface area contributed by atoms with Crippen molar-refractivity contribution in [3.63, 3.8) is 0 Å². The second kappa shape index (κ2) is 7.17. The van der Waals surface area contributed by atoms with Gasteiger partial charge in [0.1, 0.15) is 5.54 Å². The van der Waals surface area contributed by atoms with E-state index in [2.05, 4.69) is 16.0 Å². The molecule has 0 aliphatic carbocycles. The number of urea groups is 1. The molecule has 2 aromatic carbocycles. The quantitative estimate of drug-likeness (QED) is 0.706. The highest BCUT2D eigenvalue weighted by atomic mass is 35.5. The Morgan fingerprint density at radius 1 is 1.15 bits per heavy atom. The predicted octanol–water partition coefficient (Wildman–Crippen LogP) is 3.10. The predicted molar refractivity (Wildman–Crippen MR) is 98.8 cm³/mol. The van der Waals surface area contributed by atoms with Crippen molar-refractivity contribution in [3.8, 4) is 0 Å². The van der Waals surface area contributed by atoms with Gasteiger partial charge in [-0.15, -0.1) is 0 Å². The molecule has 0 aromatic heterocycles. The molecule has 1 heterocycles. The first-order valence-corrected chi connectivity index (χ1v) is 8.54. The second-order valence-electron chi connectivity index (χ2n) is 6.19.